The lowest BCUT2D eigenvalue weighted by Gasteiger charge is -2.45. The molecule has 2 heterocycles. The normalized spacial score (nSPS) is 19.2. The Labute approximate surface area is 650 Å². The summed E-state index contributed by atoms with van der Waals surface area (Å²) >= 11 is 0. The van der Waals surface area contributed by atoms with E-state index in [4.69, 9.17) is 51.5 Å². The number of aliphatic hydroxyl groups excluding tert-OH is 2. The Bertz CT molecular complexity index is 3830. The summed E-state index contributed by atoms with van der Waals surface area (Å²) in [7, 11) is -3.60. The first-order valence-corrected chi connectivity index (χ1v) is 45.7. The summed E-state index contributed by atoms with van der Waals surface area (Å²) in [5, 5.41) is 33.0. The average Bonchev–Trinajstić information content (AvgIpc) is 1.02. The predicted molar refractivity (Wildman–Crippen MR) is 447 cm³/mol. The van der Waals surface area contributed by atoms with Crippen LogP contribution in [0.25, 0.3) is 34.4 Å². The molecule has 2 aliphatic rings. The van der Waals surface area contributed by atoms with Crippen molar-refractivity contribution in [1.82, 2.24) is 0 Å². The van der Waals surface area contributed by atoms with Gasteiger partial charge in [0.25, 0.3) is 8.32 Å². The number of ether oxygens (including phenoxy) is 9. The zero-order valence-corrected chi connectivity index (χ0v) is 69.6. The Kier molecular flexibility index (Phi) is 34.2. The number of esters is 1. The van der Waals surface area contributed by atoms with Crippen LogP contribution < -0.4 is 19.8 Å². The fourth-order valence-electron chi connectivity index (χ4n) is 12.8. The van der Waals surface area contributed by atoms with Gasteiger partial charge in [-0.15, -0.1) is 0 Å². The van der Waals surface area contributed by atoms with Gasteiger partial charge in [-0.25, -0.2) is 9.59 Å². The third-order valence-electron chi connectivity index (χ3n) is 19.9. The zero-order chi connectivity index (χ0) is 78.0. The highest BCUT2D eigenvalue weighted by Gasteiger charge is 2.52. The molecule has 8 rings (SSSR count). The molecule has 2 saturated heterocycles. The number of benzene rings is 6. The fraction of sp³-hybridized carbons (Fsp3) is 0.483. The number of carbonyl (C=O) groups is 2. The molecule has 2 unspecified atom stereocenters. The largest absolute Gasteiger partial charge is 0.478 e. The van der Waals surface area contributed by atoms with E-state index in [1.165, 1.54) is 17.5 Å². The quantitative estimate of drug-likeness (QED) is 0.0152. The molecule has 0 bridgehead atoms. The van der Waals surface area contributed by atoms with Crippen molar-refractivity contribution in [3.05, 3.63) is 204 Å². The Hall–Kier alpha value is -6.93. The van der Waals surface area contributed by atoms with E-state index in [9.17, 15) is 24.9 Å². The second-order valence-corrected chi connectivity index (χ2v) is 47.1. The lowest BCUT2D eigenvalue weighted by atomic mass is 9.93. The minimum atomic E-state index is -2.81. The van der Waals surface area contributed by atoms with Crippen molar-refractivity contribution in [3.8, 4) is 33.8 Å². The van der Waals surface area contributed by atoms with Crippen molar-refractivity contribution in [1.29, 1.82) is 0 Å². The zero-order valence-electron chi connectivity index (χ0n) is 66.6. The molecule has 592 valence electrons. The van der Waals surface area contributed by atoms with Crippen LogP contribution in [0.3, 0.4) is 0 Å². The highest BCUT2D eigenvalue weighted by Crippen LogP contribution is 2.44. The molecule has 6 aromatic rings. The Morgan fingerprint density at radius 2 is 0.963 bits per heavy atom. The average molecular weight is 1540 g/mol. The molecule has 0 saturated carbocycles. The van der Waals surface area contributed by atoms with E-state index in [1.54, 1.807) is 52.2 Å². The van der Waals surface area contributed by atoms with E-state index < -0.39 is 84.8 Å². The van der Waals surface area contributed by atoms with Gasteiger partial charge in [0, 0.05) is 39.5 Å². The maximum absolute atomic E-state index is 14.2. The van der Waals surface area contributed by atoms with Crippen LogP contribution in [0.5, 0.6) is 11.5 Å². The van der Waals surface area contributed by atoms with E-state index in [0.29, 0.717) is 41.9 Å². The molecule has 0 amide bonds. The van der Waals surface area contributed by atoms with Crippen LogP contribution in [0.1, 0.15) is 156 Å². The summed E-state index contributed by atoms with van der Waals surface area (Å²) in [6, 6.07) is 49.4. The number of carboxylic acid groups (broad SMARTS) is 1. The minimum absolute atomic E-state index is 0. The maximum atomic E-state index is 14.2. The summed E-state index contributed by atoms with van der Waals surface area (Å²) in [6.07, 6.45) is 12.4. The van der Waals surface area contributed by atoms with Gasteiger partial charge in [-0.3, -0.25) is 0 Å². The van der Waals surface area contributed by atoms with Gasteiger partial charge in [0.15, 0.2) is 33.5 Å². The van der Waals surface area contributed by atoms with Gasteiger partial charge in [-0.1, -0.05) is 272 Å². The van der Waals surface area contributed by atoms with Crippen LogP contribution >= 0.6 is 0 Å². The van der Waals surface area contributed by atoms with Gasteiger partial charge in [-0.2, -0.15) is 0 Å². The van der Waals surface area contributed by atoms with E-state index >= 15 is 0 Å². The summed E-state index contributed by atoms with van der Waals surface area (Å²) in [5.41, 5.74) is 5.02. The van der Waals surface area contributed by atoms with E-state index in [1.807, 2.05) is 112 Å². The molecular weight excluding hydrogens is 1410 g/mol. The molecule has 19 heteroatoms. The van der Waals surface area contributed by atoms with Crippen LogP contribution in [-0.2, 0) is 42.0 Å². The highest BCUT2D eigenvalue weighted by atomic mass is 28.4. The van der Waals surface area contributed by atoms with Gasteiger partial charge < -0.3 is 66.8 Å². The highest BCUT2D eigenvalue weighted by molar-refractivity contribution is 6.99. The van der Waals surface area contributed by atoms with Crippen molar-refractivity contribution in [2.24, 2.45) is 11.8 Å². The van der Waals surface area contributed by atoms with Crippen molar-refractivity contribution in [2.75, 3.05) is 34.4 Å². The van der Waals surface area contributed by atoms with Gasteiger partial charge in [0.1, 0.15) is 40.9 Å². The number of aliphatic hydroxyl groups is 2. The molecule has 0 radical (unpaired) electrons. The third-order valence-corrected chi connectivity index (χ3v) is 31.2. The lowest BCUT2D eigenvalue weighted by Crippen LogP contribution is -2.67. The van der Waals surface area contributed by atoms with Gasteiger partial charge in [0.05, 0.1) is 31.0 Å². The SMILES string of the molecule is C.C.COCOc1ccc(-c2ccccc2)c(/C=C/C[C@@H]2OC(C)(C)O[C@@H]2C(/C=C\[C@@H](C)[C@@H](C)O[Si](c2ccccc2)(c2ccccc2)C(C)(C)C)O[Si](C)(C)C(C)(C)C)c1C(=O)OCC[Si](C)(C)C.COCOc1ccc(-c2ccccc2)c(/C=C/C[C@@H]2OC(C)(C)O[C@@H]2C(O)/C=C\[C@@H](C)[C@H](C)O)c1C(=O)O. The monoisotopic (exact) mass is 1540 g/mol. The van der Waals surface area contributed by atoms with Crippen molar-refractivity contribution < 1.29 is 76.4 Å². The van der Waals surface area contributed by atoms with E-state index in [-0.39, 0.29) is 73.9 Å². The summed E-state index contributed by atoms with van der Waals surface area (Å²) in [6.45, 7) is 40.9. The van der Waals surface area contributed by atoms with Crippen LogP contribution in [-0.4, -0.2) is 147 Å². The van der Waals surface area contributed by atoms with E-state index in [0.717, 1.165) is 28.3 Å². The second-order valence-electron chi connectivity index (χ2n) is 32.5. The molecule has 10 atom stereocenters. The molecule has 0 aliphatic carbocycles. The Morgan fingerprint density at radius 3 is 1.39 bits per heavy atom. The number of aromatic carboxylic acids is 1. The summed E-state index contributed by atoms with van der Waals surface area (Å²) < 4.78 is 68.5. The Morgan fingerprint density at radius 1 is 0.537 bits per heavy atom. The molecule has 6 aromatic carbocycles. The lowest BCUT2D eigenvalue weighted by molar-refractivity contribution is -0.152. The Balaban J connectivity index is 0.000000443. The smallest absolute Gasteiger partial charge is 0.342 e. The van der Waals surface area contributed by atoms with Crippen molar-refractivity contribution in [3.63, 3.8) is 0 Å². The van der Waals surface area contributed by atoms with Crippen LogP contribution in [0.4, 0.5) is 0 Å². The molecule has 2 fully saturated rings. The second kappa shape index (κ2) is 40.3. The van der Waals surface area contributed by atoms with Gasteiger partial charge in [-0.05, 0) is 140 Å². The van der Waals surface area contributed by atoms with Crippen LogP contribution in [0, 0.1) is 11.8 Å². The first kappa shape index (κ1) is 91.7. The van der Waals surface area contributed by atoms with Crippen LogP contribution in [0.15, 0.2) is 182 Å². The molecule has 0 aromatic heterocycles. The maximum Gasteiger partial charge on any atom is 0.342 e. The molecule has 16 nitrogen and oxygen atoms in total. The molecular formula is C89H128O16Si3. The van der Waals surface area contributed by atoms with Crippen molar-refractivity contribution >= 4 is 59.2 Å². The number of rotatable bonds is 33. The number of hydrogen-bond donors (Lipinski definition) is 3. The fourth-order valence-corrected chi connectivity index (χ4v) is 19.6. The first-order chi connectivity index (χ1) is 49.8. The number of methoxy groups -OCH3 is 2. The summed E-state index contributed by atoms with van der Waals surface area (Å²) in [4.78, 5) is 26.5. The molecule has 2 aliphatic heterocycles. The standard InChI is InChI=1S/C57H82O8Si3.C30H38O8.2CH4/c1-42(43(2)64-68(56(6,7)8,45-29-22-18-23-30-45)46-31-24-19-25-32-46)35-37-51(65-67(15,16)55(3,4)5)53-50(62-57(9,10)63-53)34-26-33-48-47(44-27-20-17-21-28-44)36-38-49(61-41-59-11)52(48)54(58)60-39-40-66(12,13)14;1-19(20(2)31)14-16-24(32)28-26(37-30(3,4)38-28)13-9-12-23-22(21-10-7-6-8-11-21)15-17-25(36-18-35-5)27(23)29(33)34;;/h17-33,35-38,42-43,50-51,53H,34,39-41H2,1-16H3;6-12,14-17,19-20,24,26,28,31-32H,13,18H2,1-5H3,(H,33,34);2*1H4/b33-26+,37-35-;12-9+,16-14-;;/t42-,43-,50+,51?,53+;19-,20+,24?,26+,28-;;/m11../s1. The topological polar surface area (TPSA) is 196 Å². The number of hydrogen-bond acceptors (Lipinski definition) is 15. The predicted octanol–water partition coefficient (Wildman–Crippen LogP) is 19.5. The van der Waals surface area contributed by atoms with Crippen molar-refractivity contribution in [2.45, 2.75) is 234 Å². The van der Waals surface area contributed by atoms with E-state index in [2.05, 4.69) is 167 Å². The summed E-state index contributed by atoms with van der Waals surface area (Å²) in [5.74, 6) is -2.82. The first-order valence-electron chi connectivity index (χ1n) is 37.2. The number of carbonyl (C=O) groups excluding carboxylic acids is 1. The van der Waals surface area contributed by atoms with Gasteiger partial charge in [0.2, 0.25) is 0 Å². The molecule has 3 N–H and O–H groups in total. The minimum Gasteiger partial charge on any atom is -0.478 e. The molecule has 0 spiro atoms. The third kappa shape index (κ3) is 24.8. The number of carboxylic acids is 1. The van der Waals surface area contributed by atoms with Crippen LogP contribution in [0.2, 0.25) is 48.9 Å². The van der Waals surface area contributed by atoms with Gasteiger partial charge >= 0.3 is 11.9 Å². The molecule has 108 heavy (non-hydrogen) atoms.